The van der Waals surface area contributed by atoms with E-state index in [0.717, 1.165) is 5.56 Å². The van der Waals surface area contributed by atoms with E-state index >= 15 is 0 Å². The van der Waals surface area contributed by atoms with Crippen molar-refractivity contribution in [1.82, 2.24) is 15.5 Å². The number of phenols is 1. The van der Waals surface area contributed by atoms with Crippen molar-refractivity contribution >= 4 is 29.3 Å². The number of benzene rings is 3. The lowest BCUT2D eigenvalue weighted by molar-refractivity contribution is -0.140. The van der Waals surface area contributed by atoms with Crippen molar-refractivity contribution in [1.29, 1.82) is 0 Å². The number of phenolic OH excluding ortho intramolecular Hbond substituents is 1. The van der Waals surface area contributed by atoms with E-state index in [1.165, 1.54) is 24.1 Å². The second-order valence-electron chi connectivity index (χ2n) is 8.86. The standard InChI is InChI=1S/C28H28N4O5/c1-32-24(16-18-7-3-2-4-8-18)27(36)31-22-10-6-5-9-21(22)26(35)29-17-25(34)30-23(28(32)37)15-19-11-13-20(33)14-12-19/h2-14,23-24,33H,15-17H2,1H3,(H,29,35)(H,30,34)(H,31,36)/t23-,24-/m0/s1. The number of rotatable bonds is 4. The van der Waals surface area contributed by atoms with Crippen LogP contribution < -0.4 is 16.0 Å². The maximum Gasteiger partial charge on any atom is 0.253 e. The average molecular weight is 501 g/mol. The van der Waals surface area contributed by atoms with Gasteiger partial charge in [-0.2, -0.15) is 0 Å². The highest BCUT2D eigenvalue weighted by molar-refractivity contribution is 6.06. The normalized spacial score (nSPS) is 18.9. The summed E-state index contributed by atoms with van der Waals surface area (Å²) in [5, 5.41) is 17.7. The van der Waals surface area contributed by atoms with E-state index in [1.807, 2.05) is 30.3 Å². The average Bonchev–Trinajstić information content (AvgIpc) is 2.91. The Morgan fingerprint density at radius 3 is 2.22 bits per heavy atom. The molecule has 1 aliphatic rings. The monoisotopic (exact) mass is 500 g/mol. The molecule has 0 saturated carbocycles. The van der Waals surface area contributed by atoms with Crippen LogP contribution in [-0.2, 0) is 27.2 Å². The topological polar surface area (TPSA) is 128 Å². The van der Waals surface area contributed by atoms with E-state index in [0.29, 0.717) is 5.56 Å². The number of nitrogens with zero attached hydrogens (tertiary/aromatic N) is 1. The Morgan fingerprint density at radius 2 is 1.49 bits per heavy atom. The molecule has 3 aromatic rings. The van der Waals surface area contributed by atoms with E-state index in [2.05, 4.69) is 16.0 Å². The van der Waals surface area contributed by atoms with Crippen LogP contribution in [0, 0.1) is 0 Å². The van der Waals surface area contributed by atoms with Crippen LogP contribution in [0.2, 0.25) is 0 Å². The van der Waals surface area contributed by atoms with E-state index in [4.69, 9.17) is 0 Å². The van der Waals surface area contributed by atoms with Crippen LogP contribution in [0.25, 0.3) is 0 Å². The fraction of sp³-hybridized carbons (Fsp3) is 0.214. The fourth-order valence-corrected chi connectivity index (χ4v) is 4.22. The van der Waals surface area contributed by atoms with Crippen LogP contribution >= 0.6 is 0 Å². The maximum absolute atomic E-state index is 13.7. The van der Waals surface area contributed by atoms with E-state index in [-0.39, 0.29) is 36.4 Å². The van der Waals surface area contributed by atoms with Gasteiger partial charge in [0, 0.05) is 19.9 Å². The van der Waals surface area contributed by atoms with E-state index < -0.39 is 35.7 Å². The first-order valence-electron chi connectivity index (χ1n) is 11.9. The Kier molecular flexibility index (Phi) is 7.83. The number of nitrogens with one attached hydrogen (secondary N) is 3. The number of hydrogen-bond acceptors (Lipinski definition) is 5. The van der Waals surface area contributed by atoms with Gasteiger partial charge in [0.1, 0.15) is 17.8 Å². The highest BCUT2D eigenvalue weighted by Crippen LogP contribution is 2.19. The lowest BCUT2D eigenvalue weighted by Crippen LogP contribution is -2.55. The van der Waals surface area contributed by atoms with Gasteiger partial charge in [-0.05, 0) is 35.4 Å². The Hall–Kier alpha value is -4.66. The summed E-state index contributed by atoms with van der Waals surface area (Å²) in [5.74, 6) is -1.92. The predicted molar refractivity (Wildman–Crippen MR) is 138 cm³/mol. The summed E-state index contributed by atoms with van der Waals surface area (Å²) in [7, 11) is 1.53. The zero-order chi connectivity index (χ0) is 26.4. The minimum absolute atomic E-state index is 0.0769. The van der Waals surface area contributed by atoms with Gasteiger partial charge in [-0.1, -0.05) is 54.6 Å². The van der Waals surface area contributed by atoms with Crippen LogP contribution in [-0.4, -0.2) is 59.3 Å². The number of aromatic hydroxyl groups is 1. The second kappa shape index (κ2) is 11.4. The van der Waals surface area contributed by atoms with Crippen LogP contribution in [0.1, 0.15) is 21.5 Å². The van der Waals surface area contributed by atoms with Gasteiger partial charge < -0.3 is 26.0 Å². The molecule has 0 unspecified atom stereocenters. The first-order chi connectivity index (χ1) is 17.8. The number of carbonyl (C=O) groups excluding carboxylic acids is 4. The van der Waals surface area contributed by atoms with Crippen molar-refractivity contribution in [2.75, 3.05) is 18.9 Å². The summed E-state index contributed by atoms with van der Waals surface area (Å²) in [6, 6.07) is 20.2. The molecule has 0 bridgehead atoms. The first kappa shape index (κ1) is 25.4. The third-order valence-electron chi connectivity index (χ3n) is 6.24. The van der Waals surface area contributed by atoms with E-state index in [9.17, 15) is 24.3 Å². The molecule has 1 heterocycles. The smallest absolute Gasteiger partial charge is 0.253 e. The maximum atomic E-state index is 13.7. The molecule has 4 N–H and O–H groups in total. The highest BCUT2D eigenvalue weighted by atomic mass is 16.3. The number of carbonyl (C=O) groups is 4. The van der Waals surface area contributed by atoms with Gasteiger partial charge in [-0.15, -0.1) is 0 Å². The second-order valence-corrected chi connectivity index (χ2v) is 8.86. The van der Waals surface area contributed by atoms with Crippen molar-refractivity contribution in [2.45, 2.75) is 24.9 Å². The third kappa shape index (κ3) is 6.32. The van der Waals surface area contributed by atoms with Crippen molar-refractivity contribution in [2.24, 2.45) is 0 Å². The Balaban J connectivity index is 1.71. The summed E-state index contributed by atoms with van der Waals surface area (Å²) < 4.78 is 0. The van der Waals surface area contributed by atoms with Crippen molar-refractivity contribution < 1.29 is 24.3 Å². The summed E-state index contributed by atoms with van der Waals surface area (Å²) in [5.41, 5.74) is 2.03. The zero-order valence-corrected chi connectivity index (χ0v) is 20.3. The van der Waals surface area contributed by atoms with E-state index in [1.54, 1.807) is 36.4 Å². The molecule has 9 nitrogen and oxygen atoms in total. The molecule has 190 valence electrons. The predicted octanol–water partition coefficient (Wildman–Crippen LogP) is 1.87. The molecule has 0 fully saturated rings. The van der Waals surface area contributed by atoms with Crippen LogP contribution in [0.5, 0.6) is 5.75 Å². The molecule has 2 atom stereocenters. The molecular formula is C28H28N4O5. The molecular weight excluding hydrogens is 472 g/mol. The van der Waals surface area contributed by atoms with Gasteiger partial charge in [0.05, 0.1) is 17.8 Å². The van der Waals surface area contributed by atoms with Crippen LogP contribution in [0.4, 0.5) is 5.69 Å². The number of hydrogen-bond donors (Lipinski definition) is 4. The number of para-hydroxylation sites is 1. The highest BCUT2D eigenvalue weighted by Gasteiger charge is 2.33. The Labute approximate surface area is 214 Å². The summed E-state index contributed by atoms with van der Waals surface area (Å²) in [6.45, 7) is -0.350. The molecule has 0 saturated heterocycles. The van der Waals surface area contributed by atoms with Gasteiger partial charge in [0.15, 0.2) is 0 Å². The number of likely N-dealkylation sites (N-methyl/N-ethyl adjacent to an activating group) is 1. The molecule has 4 rings (SSSR count). The van der Waals surface area contributed by atoms with Crippen molar-refractivity contribution in [3.05, 3.63) is 95.6 Å². The number of anilines is 1. The number of amides is 4. The van der Waals surface area contributed by atoms with Crippen molar-refractivity contribution in [3.63, 3.8) is 0 Å². The van der Waals surface area contributed by atoms with Gasteiger partial charge in [-0.25, -0.2) is 0 Å². The lowest BCUT2D eigenvalue weighted by atomic mass is 10.0. The molecule has 0 radical (unpaired) electrons. The minimum Gasteiger partial charge on any atom is -0.508 e. The molecule has 3 aromatic carbocycles. The van der Waals surface area contributed by atoms with Gasteiger partial charge in [0.2, 0.25) is 17.7 Å². The van der Waals surface area contributed by atoms with Gasteiger partial charge in [0.25, 0.3) is 5.91 Å². The lowest BCUT2D eigenvalue weighted by Gasteiger charge is -2.31. The Bertz CT molecular complexity index is 1290. The summed E-state index contributed by atoms with van der Waals surface area (Å²) in [6.07, 6.45) is 0.353. The van der Waals surface area contributed by atoms with Crippen molar-refractivity contribution in [3.8, 4) is 5.75 Å². The summed E-state index contributed by atoms with van der Waals surface area (Å²) >= 11 is 0. The molecule has 1 aliphatic heterocycles. The molecule has 37 heavy (non-hydrogen) atoms. The third-order valence-corrected chi connectivity index (χ3v) is 6.24. The van der Waals surface area contributed by atoms with Crippen LogP contribution in [0.15, 0.2) is 78.9 Å². The number of fused-ring (bicyclic) bond motifs is 1. The molecule has 0 aliphatic carbocycles. The fourth-order valence-electron chi connectivity index (χ4n) is 4.22. The molecule has 4 amide bonds. The molecule has 0 aromatic heterocycles. The van der Waals surface area contributed by atoms with Gasteiger partial charge in [-0.3, -0.25) is 19.2 Å². The largest absolute Gasteiger partial charge is 0.508 e. The summed E-state index contributed by atoms with van der Waals surface area (Å²) in [4.78, 5) is 54.2. The van der Waals surface area contributed by atoms with Crippen LogP contribution in [0.3, 0.4) is 0 Å². The zero-order valence-electron chi connectivity index (χ0n) is 20.3. The Morgan fingerprint density at radius 1 is 0.838 bits per heavy atom. The molecule has 9 heteroatoms. The molecule has 0 spiro atoms. The first-order valence-corrected chi connectivity index (χ1v) is 11.9. The minimum atomic E-state index is -1.01. The van der Waals surface area contributed by atoms with Gasteiger partial charge >= 0.3 is 0 Å². The SMILES string of the molecule is CN1C(=O)[C@H](Cc2ccc(O)cc2)NC(=O)CNC(=O)c2ccccc2NC(=O)[C@@H]1Cc1ccccc1. The quantitative estimate of drug-likeness (QED) is 0.435.